The molecular weight excluding hydrogens is 360 g/mol. The summed E-state index contributed by atoms with van der Waals surface area (Å²) in [6, 6.07) is 16.3. The Labute approximate surface area is 163 Å². The smallest absolute Gasteiger partial charge is 0.326 e. The highest BCUT2D eigenvalue weighted by atomic mass is 16.5. The quantitative estimate of drug-likeness (QED) is 0.775. The number of para-hydroxylation sites is 2. The molecule has 2 amide bonds. The Bertz CT molecular complexity index is 853. The fraction of sp³-hybridized carbons (Fsp3) is 0.286. The zero-order valence-corrected chi connectivity index (χ0v) is 15.6. The lowest BCUT2D eigenvalue weighted by Crippen LogP contribution is -2.38. The Kier molecular flexibility index (Phi) is 6.26. The van der Waals surface area contributed by atoms with Gasteiger partial charge in [0.1, 0.15) is 12.3 Å². The van der Waals surface area contributed by atoms with Gasteiger partial charge in [0, 0.05) is 0 Å². The number of anilines is 1. The van der Waals surface area contributed by atoms with Crippen molar-refractivity contribution in [3.05, 3.63) is 60.2 Å². The topological polar surface area (TPSA) is 84.9 Å². The van der Waals surface area contributed by atoms with Gasteiger partial charge < -0.3 is 14.8 Å². The third-order valence-corrected chi connectivity index (χ3v) is 4.36. The highest BCUT2D eigenvalue weighted by molar-refractivity contribution is 5.99. The normalized spacial score (nSPS) is 14.3. The van der Waals surface area contributed by atoms with Crippen molar-refractivity contribution in [1.82, 2.24) is 5.32 Å². The van der Waals surface area contributed by atoms with Crippen LogP contribution in [0.3, 0.4) is 0 Å². The van der Waals surface area contributed by atoms with E-state index in [9.17, 15) is 14.4 Å². The molecule has 1 aliphatic rings. The number of benzene rings is 2. The van der Waals surface area contributed by atoms with Gasteiger partial charge in [-0.1, -0.05) is 42.5 Å². The van der Waals surface area contributed by atoms with Crippen LogP contribution < -0.4 is 15.0 Å². The van der Waals surface area contributed by atoms with E-state index in [-0.39, 0.29) is 31.5 Å². The van der Waals surface area contributed by atoms with Crippen LogP contribution in [0.2, 0.25) is 0 Å². The van der Waals surface area contributed by atoms with Crippen LogP contribution in [0.5, 0.6) is 5.75 Å². The third kappa shape index (κ3) is 4.88. The van der Waals surface area contributed by atoms with Gasteiger partial charge in [-0.2, -0.15) is 0 Å². The van der Waals surface area contributed by atoms with E-state index >= 15 is 0 Å². The molecule has 0 spiro atoms. The minimum atomic E-state index is -0.660. The maximum atomic E-state index is 12.3. The van der Waals surface area contributed by atoms with Gasteiger partial charge in [0.05, 0.1) is 24.8 Å². The molecule has 3 rings (SSSR count). The van der Waals surface area contributed by atoms with Crippen molar-refractivity contribution in [2.75, 3.05) is 24.7 Å². The molecule has 0 bridgehead atoms. The van der Waals surface area contributed by atoms with E-state index in [1.165, 1.54) is 4.90 Å². The number of fused-ring (bicyclic) bond motifs is 1. The van der Waals surface area contributed by atoms with Crippen LogP contribution in [0.25, 0.3) is 0 Å². The molecule has 0 aromatic heterocycles. The van der Waals surface area contributed by atoms with Crippen molar-refractivity contribution in [3.63, 3.8) is 0 Å². The first-order valence-corrected chi connectivity index (χ1v) is 9.06. The van der Waals surface area contributed by atoms with Crippen LogP contribution in [-0.4, -0.2) is 37.5 Å². The zero-order chi connectivity index (χ0) is 19.9. The molecule has 1 atom stereocenters. The molecule has 1 N–H and O–H groups in total. The second kappa shape index (κ2) is 9.03. The maximum Gasteiger partial charge on any atom is 0.326 e. The number of nitrogens with one attached hydrogen (secondary N) is 1. The van der Waals surface area contributed by atoms with Crippen molar-refractivity contribution in [3.8, 4) is 5.75 Å². The number of ether oxygens (including phenoxy) is 2. The van der Waals surface area contributed by atoms with Gasteiger partial charge in [-0.25, -0.2) is 0 Å². The first kappa shape index (κ1) is 19.4. The molecular formula is C21H22N2O5. The monoisotopic (exact) mass is 382 g/mol. The lowest BCUT2D eigenvalue weighted by Gasteiger charge is -2.21. The van der Waals surface area contributed by atoms with E-state index in [2.05, 4.69) is 5.32 Å². The highest BCUT2D eigenvalue weighted by Crippen LogP contribution is 2.30. The van der Waals surface area contributed by atoms with Crippen molar-refractivity contribution >= 4 is 23.5 Å². The van der Waals surface area contributed by atoms with Crippen LogP contribution in [0, 0.1) is 0 Å². The van der Waals surface area contributed by atoms with Crippen LogP contribution in [0.4, 0.5) is 5.69 Å². The maximum absolute atomic E-state index is 12.3. The van der Waals surface area contributed by atoms with Crippen molar-refractivity contribution in [2.45, 2.75) is 19.4 Å². The molecule has 7 heteroatoms. The summed E-state index contributed by atoms with van der Waals surface area (Å²) in [4.78, 5) is 37.9. The summed E-state index contributed by atoms with van der Waals surface area (Å²) in [5.74, 6) is -0.761. The van der Waals surface area contributed by atoms with Crippen LogP contribution in [0.15, 0.2) is 54.6 Å². The van der Waals surface area contributed by atoms with Crippen molar-refractivity contribution in [2.24, 2.45) is 0 Å². The van der Waals surface area contributed by atoms with Crippen molar-refractivity contribution < 1.29 is 23.9 Å². The zero-order valence-electron chi connectivity index (χ0n) is 15.6. The Morgan fingerprint density at radius 3 is 2.64 bits per heavy atom. The molecule has 1 heterocycles. The summed E-state index contributed by atoms with van der Waals surface area (Å²) >= 11 is 0. The summed E-state index contributed by atoms with van der Waals surface area (Å²) < 4.78 is 10.6. The van der Waals surface area contributed by atoms with Gasteiger partial charge >= 0.3 is 5.97 Å². The fourth-order valence-corrected chi connectivity index (χ4v) is 2.92. The Morgan fingerprint density at radius 2 is 1.86 bits per heavy atom. The summed E-state index contributed by atoms with van der Waals surface area (Å²) in [5.41, 5.74) is 1.47. The lowest BCUT2D eigenvalue weighted by atomic mass is 10.1. The fourth-order valence-electron chi connectivity index (χ4n) is 2.92. The second-order valence-corrected chi connectivity index (χ2v) is 6.41. The van der Waals surface area contributed by atoms with E-state index in [0.29, 0.717) is 11.4 Å². The Morgan fingerprint density at radius 1 is 1.14 bits per heavy atom. The van der Waals surface area contributed by atoms with Gasteiger partial charge in [0.2, 0.25) is 5.91 Å². The van der Waals surface area contributed by atoms with Gasteiger partial charge in [0.25, 0.3) is 5.91 Å². The molecule has 0 radical (unpaired) electrons. The molecule has 0 saturated heterocycles. The molecule has 28 heavy (non-hydrogen) atoms. The molecule has 0 saturated carbocycles. The number of esters is 1. The highest BCUT2D eigenvalue weighted by Gasteiger charge is 2.25. The van der Waals surface area contributed by atoms with Crippen LogP contribution >= 0.6 is 0 Å². The molecule has 2 aromatic carbocycles. The first-order chi connectivity index (χ1) is 13.5. The molecule has 0 unspecified atom stereocenters. The average Bonchev–Trinajstić information content (AvgIpc) is 2.86. The van der Waals surface area contributed by atoms with E-state index < -0.39 is 18.5 Å². The van der Waals surface area contributed by atoms with Crippen LogP contribution in [-0.2, 0) is 19.1 Å². The van der Waals surface area contributed by atoms with Gasteiger partial charge in [-0.3, -0.25) is 19.3 Å². The SMILES string of the molecule is C[C@@H](NC(=O)COC(=O)CN1C(=O)CCOc2ccccc21)c1ccccc1. The number of carbonyl (C=O) groups excluding carboxylic acids is 3. The molecule has 2 aromatic rings. The number of hydrogen-bond donors (Lipinski definition) is 1. The van der Waals surface area contributed by atoms with E-state index in [0.717, 1.165) is 5.56 Å². The summed E-state index contributed by atoms with van der Waals surface area (Å²) in [6.07, 6.45) is 0.164. The van der Waals surface area contributed by atoms with Gasteiger partial charge in [0.15, 0.2) is 6.61 Å². The summed E-state index contributed by atoms with van der Waals surface area (Å²) in [5, 5.41) is 2.77. The number of hydrogen-bond acceptors (Lipinski definition) is 5. The van der Waals surface area contributed by atoms with Gasteiger partial charge in [-0.15, -0.1) is 0 Å². The molecule has 7 nitrogen and oxygen atoms in total. The molecule has 146 valence electrons. The molecule has 1 aliphatic heterocycles. The number of rotatable bonds is 6. The Hall–Kier alpha value is -3.35. The first-order valence-electron chi connectivity index (χ1n) is 9.06. The Balaban J connectivity index is 1.54. The second-order valence-electron chi connectivity index (χ2n) is 6.41. The van der Waals surface area contributed by atoms with Crippen molar-refractivity contribution in [1.29, 1.82) is 0 Å². The largest absolute Gasteiger partial charge is 0.491 e. The molecule has 0 aliphatic carbocycles. The van der Waals surface area contributed by atoms with E-state index in [1.807, 2.05) is 37.3 Å². The summed E-state index contributed by atoms with van der Waals surface area (Å²) in [6.45, 7) is 1.42. The molecule has 0 fully saturated rings. The lowest BCUT2D eigenvalue weighted by molar-refractivity contribution is -0.147. The predicted molar refractivity (Wildman–Crippen MR) is 103 cm³/mol. The number of nitrogens with zero attached hydrogens (tertiary/aromatic N) is 1. The van der Waals surface area contributed by atoms with E-state index in [1.54, 1.807) is 24.3 Å². The average molecular weight is 382 g/mol. The number of carbonyl (C=O) groups is 3. The standard InChI is InChI=1S/C21H22N2O5/c1-15(16-7-3-2-4-8-16)22-19(24)14-28-21(26)13-23-17-9-5-6-10-18(17)27-12-11-20(23)25/h2-10,15H,11-14H2,1H3,(H,22,24)/t15-/m1/s1. The predicted octanol–water partition coefficient (Wildman–Crippen LogP) is 2.22. The third-order valence-electron chi connectivity index (χ3n) is 4.36. The van der Waals surface area contributed by atoms with Crippen LogP contribution in [0.1, 0.15) is 24.9 Å². The van der Waals surface area contributed by atoms with E-state index in [4.69, 9.17) is 9.47 Å². The summed E-state index contributed by atoms with van der Waals surface area (Å²) in [7, 11) is 0. The minimum Gasteiger partial charge on any atom is -0.491 e. The number of amides is 2. The minimum absolute atomic E-state index is 0.164. The van der Waals surface area contributed by atoms with Gasteiger partial charge in [-0.05, 0) is 24.6 Å².